The molecule has 162 valence electrons. The Kier molecular flexibility index (Phi) is 7.87. The van der Waals surface area contributed by atoms with E-state index in [2.05, 4.69) is 6.58 Å². The van der Waals surface area contributed by atoms with Crippen LogP contribution in [0, 0.1) is 0 Å². The number of aliphatic hydroxyl groups excluding tert-OH is 7. The number of carbonyl (C=O) groups excluding carboxylic acids is 1. The molecule has 7 N–H and O–H groups in total. The van der Waals surface area contributed by atoms with E-state index in [0.29, 0.717) is 0 Å². The van der Waals surface area contributed by atoms with E-state index in [9.17, 15) is 40.5 Å². The molecule has 28 heavy (non-hydrogen) atoms. The van der Waals surface area contributed by atoms with Gasteiger partial charge in [0.2, 0.25) is 0 Å². The Hall–Kier alpha value is -1.19. The van der Waals surface area contributed by atoms with Gasteiger partial charge >= 0.3 is 5.97 Å². The molecule has 0 aromatic rings. The van der Waals surface area contributed by atoms with Crippen LogP contribution < -0.4 is 0 Å². The van der Waals surface area contributed by atoms with Crippen LogP contribution in [0.15, 0.2) is 12.2 Å². The van der Waals surface area contributed by atoms with Gasteiger partial charge in [-0.2, -0.15) is 0 Å². The predicted molar refractivity (Wildman–Crippen MR) is 87.3 cm³/mol. The van der Waals surface area contributed by atoms with E-state index in [1.54, 1.807) is 0 Å². The summed E-state index contributed by atoms with van der Waals surface area (Å²) in [4.78, 5) is 11.9. The highest BCUT2D eigenvalue weighted by Gasteiger charge is 2.51. The highest BCUT2D eigenvalue weighted by molar-refractivity contribution is 5.87. The van der Waals surface area contributed by atoms with Crippen LogP contribution in [0.25, 0.3) is 0 Å². The fraction of sp³-hybridized carbons (Fsp3) is 0.812. The summed E-state index contributed by atoms with van der Waals surface area (Å²) in [5.74, 6) is -0.925. The standard InChI is InChI=1S/C16H26O12/c1-5(2)14(23)27-13-9(20)8(19)6(3-17)26-16(13)28-12-7(4-18)25-15(24)11(22)10(12)21/h6-13,15-22,24H,1,3-4H2,2H3/t6-,7-,8+,9+,10-,11-,12-,13-,15-,16+/m1/s1. The van der Waals surface area contributed by atoms with Gasteiger partial charge in [0.05, 0.1) is 13.2 Å². The van der Waals surface area contributed by atoms with Gasteiger partial charge in [0.1, 0.15) is 42.7 Å². The van der Waals surface area contributed by atoms with Crippen LogP contribution in [0.3, 0.4) is 0 Å². The Bertz CT molecular complexity index is 554. The third-order valence-electron chi connectivity index (χ3n) is 4.55. The zero-order valence-electron chi connectivity index (χ0n) is 15.1. The average molecular weight is 410 g/mol. The van der Waals surface area contributed by atoms with E-state index < -0.39 is 80.6 Å². The molecule has 0 saturated carbocycles. The molecule has 0 bridgehead atoms. The summed E-state index contributed by atoms with van der Waals surface area (Å²) in [5.41, 5.74) is -0.0162. The normalized spacial score (nSPS) is 44.1. The summed E-state index contributed by atoms with van der Waals surface area (Å²) >= 11 is 0. The summed E-state index contributed by atoms with van der Waals surface area (Å²) < 4.78 is 20.8. The molecule has 2 aliphatic rings. The number of esters is 1. The lowest BCUT2D eigenvalue weighted by atomic mass is 9.97. The zero-order chi connectivity index (χ0) is 21.2. The van der Waals surface area contributed by atoms with Crippen LogP contribution in [0.2, 0.25) is 0 Å². The van der Waals surface area contributed by atoms with Crippen LogP contribution in [-0.4, -0.2) is 116 Å². The summed E-state index contributed by atoms with van der Waals surface area (Å²) in [6, 6.07) is 0. The molecule has 0 aromatic heterocycles. The summed E-state index contributed by atoms with van der Waals surface area (Å²) in [6.45, 7) is 3.31. The molecule has 0 radical (unpaired) electrons. The number of rotatable bonds is 6. The SMILES string of the molecule is C=C(C)C(=O)O[C@H]1[C@H](O[C@H]2[C@H](O)[C@@H](O)[C@H](O)O[C@@H]2CO)O[C@H](CO)[C@H](O)[C@@H]1O. The Labute approximate surface area is 160 Å². The summed E-state index contributed by atoms with van der Waals surface area (Å²) in [5, 5.41) is 68.6. The number of carbonyl (C=O) groups is 1. The predicted octanol–water partition coefficient (Wildman–Crippen LogP) is -4.27. The van der Waals surface area contributed by atoms with Gasteiger partial charge < -0.3 is 54.7 Å². The molecular formula is C16H26O12. The third kappa shape index (κ3) is 4.68. The monoisotopic (exact) mass is 410 g/mol. The maximum absolute atomic E-state index is 11.9. The van der Waals surface area contributed by atoms with E-state index in [-0.39, 0.29) is 5.57 Å². The highest BCUT2D eigenvalue weighted by atomic mass is 16.7. The second-order valence-electron chi connectivity index (χ2n) is 6.69. The molecule has 12 heteroatoms. The molecule has 10 atom stereocenters. The Balaban J connectivity index is 2.26. The van der Waals surface area contributed by atoms with E-state index in [1.807, 2.05) is 0 Å². The second kappa shape index (κ2) is 9.54. The number of aliphatic hydroxyl groups is 7. The average Bonchev–Trinajstić information content (AvgIpc) is 2.66. The fourth-order valence-corrected chi connectivity index (χ4v) is 2.91. The minimum Gasteiger partial charge on any atom is -0.451 e. The van der Waals surface area contributed by atoms with Crippen molar-refractivity contribution >= 4 is 5.97 Å². The molecule has 2 saturated heterocycles. The van der Waals surface area contributed by atoms with Gasteiger partial charge in [0.15, 0.2) is 18.7 Å². The molecule has 0 amide bonds. The minimum atomic E-state index is -1.78. The maximum Gasteiger partial charge on any atom is 0.333 e. The van der Waals surface area contributed by atoms with Crippen LogP contribution >= 0.6 is 0 Å². The van der Waals surface area contributed by atoms with Crippen molar-refractivity contribution in [3.05, 3.63) is 12.2 Å². The van der Waals surface area contributed by atoms with Gasteiger partial charge in [-0.15, -0.1) is 0 Å². The topological polar surface area (TPSA) is 196 Å². The van der Waals surface area contributed by atoms with Crippen LogP contribution in [-0.2, 0) is 23.7 Å². The number of hydrogen-bond donors (Lipinski definition) is 7. The largest absolute Gasteiger partial charge is 0.451 e. The summed E-state index contributed by atoms with van der Waals surface area (Å²) in [7, 11) is 0. The number of ether oxygens (including phenoxy) is 4. The van der Waals surface area contributed by atoms with Crippen molar-refractivity contribution in [3.8, 4) is 0 Å². The van der Waals surface area contributed by atoms with Gasteiger partial charge in [0.25, 0.3) is 0 Å². The lowest BCUT2D eigenvalue weighted by Crippen LogP contribution is -2.65. The molecule has 0 aromatic carbocycles. The maximum atomic E-state index is 11.9. The van der Waals surface area contributed by atoms with Crippen molar-refractivity contribution in [2.24, 2.45) is 0 Å². The molecule has 12 nitrogen and oxygen atoms in total. The minimum absolute atomic E-state index is 0.0162. The van der Waals surface area contributed by atoms with Gasteiger partial charge in [-0.3, -0.25) is 0 Å². The van der Waals surface area contributed by atoms with Crippen molar-refractivity contribution < 1.29 is 59.5 Å². The van der Waals surface area contributed by atoms with Gasteiger partial charge in [-0.05, 0) is 6.92 Å². The smallest absolute Gasteiger partial charge is 0.333 e. The molecule has 2 heterocycles. The van der Waals surface area contributed by atoms with Crippen LogP contribution in [0.5, 0.6) is 0 Å². The Morgan fingerprint density at radius 2 is 1.46 bits per heavy atom. The van der Waals surface area contributed by atoms with Gasteiger partial charge in [-0.1, -0.05) is 6.58 Å². The molecule has 0 unspecified atom stereocenters. The second-order valence-corrected chi connectivity index (χ2v) is 6.69. The van der Waals surface area contributed by atoms with Gasteiger partial charge in [-0.25, -0.2) is 4.79 Å². The van der Waals surface area contributed by atoms with Gasteiger partial charge in [0, 0.05) is 5.57 Å². The van der Waals surface area contributed by atoms with E-state index in [4.69, 9.17) is 18.9 Å². The third-order valence-corrected chi connectivity index (χ3v) is 4.55. The molecule has 2 aliphatic heterocycles. The quantitative estimate of drug-likeness (QED) is 0.165. The lowest BCUT2D eigenvalue weighted by Gasteiger charge is -2.46. The molecule has 2 fully saturated rings. The van der Waals surface area contributed by atoms with Crippen LogP contribution in [0.1, 0.15) is 6.92 Å². The Morgan fingerprint density at radius 1 is 0.893 bits per heavy atom. The van der Waals surface area contributed by atoms with E-state index in [1.165, 1.54) is 6.92 Å². The van der Waals surface area contributed by atoms with Crippen molar-refractivity contribution in [1.82, 2.24) is 0 Å². The first-order valence-corrected chi connectivity index (χ1v) is 8.57. The van der Waals surface area contributed by atoms with E-state index >= 15 is 0 Å². The molecular weight excluding hydrogens is 384 g/mol. The van der Waals surface area contributed by atoms with Crippen molar-refractivity contribution in [2.75, 3.05) is 13.2 Å². The number of hydrogen-bond acceptors (Lipinski definition) is 12. The molecule has 2 rings (SSSR count). The molecule has 0 aliphatic carbocycles. The lowest BCUT2D eigenvalue weighted by molar-refractivity contribution is -0.355. The first-order valence-electron chi connectivity index (χ1n) is 8.57. The van der Waals surface area contributed by atoms with Crippen molar-refractivity contribution in [1.29, 1.82) is 0 Å². The van der Waals surface area contributed by atoms with Crippen LogP contribution in [0.4, 0.5) is 0 Å². The first kappa shape index (κ1) is 23.1. The first-order chi connectivity index (χ1) is 13.1. The van der Waals surface area contributed by atoms with Crippen molar-refractivity contribution in [3.63, 3.8) is 0 Å². The molecule has 0 spiro atoms. The fourth-order valence-electron chi connectivity index (χ4n) is 2.91. The highest BCUT2D eigenvalue weighted by Crippen LogP contribution is 2.30. The summed E-state index contributed by atoms with van der Waals surface area (Å²) in [6.07, 6.45) is -16.0. The Morgan fingerprint density at radius 3 is 2.00 bits per heavy atom. The van der Waals surface area contributed by atoms with E-state index in [0.717, 1.165) is 0 Å². The zero-order valence-corrected chi connectivity index (χ0v) is 15.1. The van der Waals surface area contributed by atoms with Crippen molar-refractivity contribution in [2.45, 2.75) is 68.3 Å².